The average molecular weight is 723 g/mol. The lowest BCUT2D eigenvalue weighted by atomic mass is 9.92. The molecule has 12 aromatic rings. The van der Waals surface area contributed by atoms with Crippen molar-refractivity contribution in [3.05, 3.63) is 178 Å². The summed E-state index contributed by atoms with van der Waals surface area (Å²) in [5.74, 6) is 0. The molecule has 0 fully saturated rings. The van der Waals surface area contributed by atoms with E-state index in [1.165, 1.54) is 47.1 Å². The van der Waals surface area contributed by atoms with Crippen LogP contribution in [0, 0.1) is 0 Å². The van der Waals surface area contributed by atoms with Gasteiger partial charge in [0.15, 0.2) is 5.58 Å². The Morgan fingerprint density at radius 2 is 0.891 bits per heavy atom. The van der Waals surface area contributed by atoms with Crippen molar-refractivity contribution in [2.24, 2.45) is 0 Å². The fourth-order valence-electron chi connectivity index (χ4n) is 8.66. The fourth-order valence-corrected chi connectivity index (χ4v) is 9.90. The Morgan fingerprint density at radius 3 is 1.65 bits per heavy atom. The molecule has 0 N–H and O–H groups in total. The molecule has 0 saturated heterocycles. The van der Waals surface area contributed by atoms with E-state index in [4.69, 9.17) is 8.83 Å². The van der Waals surface area contributed by atoms with Crippen LogP contribution in [0.4, 0.5) is 0 Å². The van der Waals surface area contributed by atoms with Gasteiger partial charge in [-0.15, -0.1) is 11.3 Å². The number of hydrogen-bond donors (Lipinski definition) is 0. The van der Waals surface area contributed by atoms with E-state index >= 15 is 0 Å². The molecule has 4 nitrogen and oxygen atoms in total. The lowest BCUT2D eigenvalue weighted by molar-refractivity contribution is 0.649. The van der Waals surface area contributed by atoms with Crippen molar-refractivity contribution in [2.75, 3.05) is 0 Å². The van der Waals surface area contributed by atoms with Gasteiger partial charge < -0.3 is 8.83 Å². The summed E-state index contributed by atoms with van der Waals surface area (Å²) >= 11 is 1.75. The summed E-state index contributed by atoms with van der Waals surface area (Å²) in [7, 11) is 0. The second-order valence-corrected chi connectivity index (χ2v) is 15.3. The van der Waals surface area contributed by atoms with Crippen molar-refractivity contribution in [3.63, 3.8) is 0 Å². The Balaban J connectivity index is 1.03. The maximum absolute atomic E-state index is 14.4. The highest BCUT2D eigenvalue weighted by Gasteiger charge is 2.19. The van der Waals surface area contributed by atoms with Gasteiger partial charge >= 0.3 is 0 Å². The smallest absolute Gasteiger partial charge is 0.204 e. The number of hydrogen-bond acceptors (Lipinski definition) is 5. The van der Waals surface area contributed by atoms with E-state index in [0.29, 0.717) is 32.9 Å². The predicted molar refractivity (Wildman–Crippen MR) is 230 cm³/mol. The molecule has 0 aliphatic heterocycles. The first kappa shape index (κ1) is 30.4. The quantitative estimate of drug-likeness (QED) is 0.132. The third kappa shape index (κ3) is 4.33. The van der Waals surface area contributed by atoms with Crippen molar-refractivity contribution >= 4 is 108 Å². The summed E-state index contributed by atoms with van der Waals surface area (Å²) in [6.07, 6.45) is 0. The summed E-state index contributed by atoms with van der Waals surface area (Å²) in [6.45, 7) is 0. The van der Waals surface area contributed by atoms with Crippen LogP contribution in [-0.2, 0) is 0 Å². The van der Waals surface area contributed by atoms with E-state index in [-0.39, 0.29) is 21.8 Å². The minimum atomic E-state index is -0.234. The van der Waals surface area contributed by atoms with E-state index in [2.05, 4.69) is 109 Å². The van der Waals surface area contributed by atoms with Gasteiger partial charge in [-0.1, -0.05) is 109 Å². The van der Waals surface area contributed by atoms with Crippen LogP contribution < -0.4 is 10.9 Å². The minimum absolute atomic E-state index is 0.193. The number of fused-ring (bicyclic) bond motifs is 14. The first-order chi connectivity index (χ1) is 27.1. The molecule has 9 aromatic carbocycles. The standard InChI is InChI=1S/C50H26O4S/c51-47-38-20-23-44-46(48(52)41-26-29(18-22-42(41)53-44)30-13-7-14-37-36-12-5-6-15-45(36)55-50(30)37)49(38)54-43-21-17-28(25-40(43)47)27-16-19-35-33-10-2-1-8-31(33)32-9-3-4-11-34(32)39(35)24-27/h1-26H. The normalized spacial score (nSPS) is 12.1. The molecule has 0 atom stereocenters. The maximum atomic E-state index is 14.4. The molecule has 0 amide bonds. The molecule has 5 heteroatoms. The molecule has 0 saturated carbocycles. The molecule has 55 heavy (non-hydrogen) atoms. The molecule has 256 valence electrons. The van der Waals surface area contributed by atoms with Gasteiger partial charge in [-0.3, -0.25) is 9.59 Å². The van der Waals surface area contributed by atoms with Crippen LogP contribution in [0.3, 0.4) is 0 Å². The van der Waals surface area contributed by atoms with Gasteiger partial charge in [0.2, 0.25) is 10.9 Å². The highest BCUT2D eigenvalue weighted by atomic mass is 32.1. The molecule has 3 aromatic heterocycles. The minimum Gasteiger partial charge on any atom is -0.456 e. The lowest BCUT2D eigenvalue weighted by Crippen LogP contribution is -2.07. The highest BCUT2D eigenvalue weighted by molar-refractivity contribution is 7.26. The molecule has 0 bridgehead atoms. The molecule has 0 aliphatic carbocycles. The molecular formula is C50H26O4S. The van der Waals surface area contributed by atoms with Crippen LogP contribution in [0.2, 0.25) is 0 Å². The van der Waals surface area contributed by atoms with Crippen molar-refractivity contribution in [1.82, 2.24) is 0 Å². The zero-order valence-corrected chi connectivity index (χ0v) is 29.9. The van der Waals surface area contributed by atoms with Gasteiger partial charge in [0.25, 0.3) is 0 Å². The summed E-state index contributed by atoms with van der Waals surface area (Å²) in [5, 5.41) is 11.1. The Hall–Kier alpha value is -7.08. The van der Waals surface area contributed by atoms with Crippen LogP contribution in [0.5, 0.6) is 0 Å². The van der Waals surface area contributed by atoms with Gasteiger partial charge in [-0.25, -0.2) is 0 Å². The monoisotopic (exact) mass is 722 g/mol. The average Bonchev–Trinajstić information content (AvgIpc) is 3.62. The van der Waals surface area contributed by atoms with Crippen LogP contribution >= 0.6 is 11.3 Å². The van der Waals surface area contributed by atoms with Crippen molar-refractivity contribution < 1.29 is 8.83 Å². The fraction of sp³-hybridized carbons (Fsp3) is 0. The zero-order chi connectivity index (χ0) is 36.4. The third-order valence-corrected chi connectivity index (χ3v) is 12.5. The first-order valence-corrected chi connectivity index (χ1v) is 19.1. The van der Waals surface area contributed by atoms with Gasteiger partial charge in [0.05, 0.1) is 16.2 Å². The molecule has 0 spiro atoms. The van der Waals surface area contributed by atoms with E-state index in [9.17, 15) is 9.59 Å². The van der Waals surface area contributed by atoms with E-state index in [0.717, 1.165) is 27.6 Å². The van der Waals surface area contributed by atoms with E-state index in [1.54, 1.807) is 23.5 Å². The summed E-state index contributed by atoms with van der Waals surface area (Å²) in [4.78, 5) is 28.7. The number of benzene rings is 9. The second kappa shape index (κ2) is 11.2. The molecule has 0 unspecified atom stereocenters. The largest absolute Gasteiger partial charge is 0.456 e. The van der Waals surface area contributed by atoms with Crippen molar-refractivity contribution in [3.8, 4) is 22.3 Å². The molecule has 12 rings (SSSR count). The summed E-state index contributed by atoms with van der Waals surface area (Å²) in [5.41, 5.74) is 4.96. The van der Waals surface area contributed by atoms with Gasteiger partial charge in [0.1, 0.15) is 22.1 Å². The lowest BCUT2D eigenvalue weighted by Gasteiger charge is -2.12. The van der Waals surface area contributed by atoms with E-state index < -0.39 is 0 Å². The van der Waals surface area contributed by atoms with Crippen LogP contribution in [-0.4, -0.2) is 0 Å². The SMILES string of the molecule is O=c1c2cc(-c3ccc4c5ccccc5c5ccccc5c4c3)ccc2oc2c1ccc1oc3ccc(-c4cccc5c4sc4ccccc45)cc3c(=O)c12. The highest BCUT2D eigenvalue weighted by Crippen LogP contribution is 2.41. The first-order valence-electron chi connectivity index (χ1n) is 18.2. The van der Waals surface area contributed by atoms with Crippen LogP contribution in [0.25, 0.3) is 119 Å². The number of rotatable bonds is 2. The summed E-state index contributed by atoms with van der Waals surface area (Å²) < 4.78 is 15.2. The second-order valence-electron chi connectivity index (χ2n) is 14.2. The predicted octanol–water partition coefficient (Wildman–Crippen LogP) is 13.4. The van der Waals surface area contributed by atoms with Crippen LogP contribution in [0.15, 0.2) is 176 Å². The molecule has 0 aliphatic rings. The van der Waals surface area contributed by atoms with Gasteiger partial charge in [-0.05, 0) is 103 Å². The van der Waals surface area contributed by atoms with Crippen LogP contribution in [0.1, 0.15) is 0 Å². The van der Waals surface area contributed by atoms with E-state index in [1.807, 2.05) is 36.4 Å². The number of thiophene rings is 1. The third-order valence-electron chi connectivity index (χ3n) is 11.3. The van der Waals surface area contributed by atoms with Gasteiger partial charge in [0, 0.05) is 20.2 Å². The summed E-state index contributed by atoms with van der Waals surface area (Å²) in [6, 6.07) is 53.1. The Morgan fingerprint density at radius 1 is 0.364 bits per heavy atom. The maximum Gasteiger partial charge on any atom is 0.204 e. The van der Waals surface area contributed by atoms with Crippen molar-refractivity contribution in [2.45, 2.75) is 0 Å². The molecular weight excluding hydrogens is 697 g/mol. The topological polar surface area (TPSA) is 60.4 Å². The van der Waals surface area contributed by atoms with Gasteiger partial charge in [-0.2, -0.15) is 0 Å². The zero-order valence-electron chi connectivity index (χ0n) is 29.1. The van der Waals surface area contributed by atoms with Crippen molar-refractivity contribution in [1.29, 1.82) is 0 Å². The Bertz CT molecular complexity index is 3740. The Labute approximate surface area is 315 Å². The molecule has 3 heterocycles. The molecule has 0 radical (unpaired) electrons. The Kier molecular flexibility index (Phi) is 6.20.